The molecule has 204 valence electrons. The lowest BCUT2D eigenvalue weighted by Gasteiger charge is -2.24. The SMILES string of the molecule is CCC[C@H](C)c1nc(N2CCCN(C(=O)CSc3ccccc3)CC2)c2c(C)nn(-c3ccc(F)cc3)c2n1. The van der Waals surface area contributed by atoms with E-state index in [4.69, 9.17) is 15.1 Å². The highest BCUT2D eigenvalue weighted by Crippen LogP contribution is 2.32. The van der Waals surface area contributed by atoms with Crippen LogP contribution >= 0.6 is 11.8 Å². The summed E-state index contributed by atoms with van der Waals surface area (Å²) < 4.78 is 15.5. The minimum atomic E-state index is -0.287. The van der Waals surface area contributed by atoms with Crippen LogP contribution in [0.15, 0.2) is 59.5 Å². The Morgan fingerprint density at radius 3 is 2.54 bits per heavy atom. The van der Waals surface area contributed by atoms with Gasteiger partial charge in [-0.1, -0.05) is 38.5 Å². The van der Waals surface area contributed by atoms with Crippen molar-refractivity contribution >= 4 is 34.5 Å². The van der Waals surface area contributed by atoms with E-state index >= 15 is 0 Å². The Morgan fingerprint density at radius 1 is 1.03 bits per heavy atom. The van der Waals surface area contributed by atoms with Crippen molar-refractivity contribution in [1.29, 1.82) is 0 Å². The van der Waals surface area contributed by atoms with Crippen LogP contribution in [0.4, 0.5) is 10.2 Å². The number of anilines is 1. The van der Waals surface area contributed by atoms with Crippen LogP contribution in [0.1, 0.15) is 50.5 Å². The number of thioether (sulfide) groups is 1. The molecule has 4 aromatic rings. The molecule has 0 radical (unpaired) electrons. The zero-order valence-corrected chi connectivity index (χ0v) is 23.6. The van der Waals surface area contributed by atoms with Crippen LogP contribution in [0, 0.1) is 12.7 Å². The van der Waals surface area contributed by atoms with Crippen molar-refractivity contribution in [3.63, 3.8) is 0 Å². The van der Waals surface area contributed by atoms with Crippen molar-refractivity contribution in [3.05, 3.63) is 71.9 Å². The average molecular weight is 547 g/mol. The van der Waals surface area contributed by atoms with E-state index in [9.17, 15) is 9.18 Å². The Kier molecular flexibility index (Phi) is 8.45. The summed E-state index contributed by atoms with van der Waals surface area (Å²) in [4.78, 5) is 28.5. The van der Waals surface area contributed by atoms with Crippen molar-refractivity contribution < 1.29 is 9.18 Å². The Hall–Kier alpha value is -3.46. The van der Waals surface area contributed by atoms with E-state index in [-0.39, 0.29) is 17.6 Å². The number of hydrogen-bond acceptors (Lipinski definition) is 6. The van der Waals surface area contributed by atoms with Gasteiger partial charge in [-0.25, -0.2) is 19.0 Å². The smallest absolute Gasteiger partial charge is 0.232 e. The van der Waals surface area contributed by atoms with E-state index in [1.165, 1.54) is 12.1 Å². The topological polar surface area (TPSA) is 67.2 Å². The van der Waals surface area contributed by atoms with Gasteiger partial charge in [0.15, 0.2) is 5.65 Å². The first-order chi connectivity index (χ1) is 18.9. The van der Waals surface area contributed by atoms with Crippen molar-refractivity contribution in [2.75, 3.05) is 36.8 Å². The predicted octanol–water partition coefficient (Wildman–Crippen LogP) is 6.00. The van der Waals surface area contributed by atoms with Crippen LogP contribution in [0.25, 0.3) is 16.7 Å². The fourth-order valence-electron chi connectivity index (χ4n) is 5.08. The lowest BCUT2D eigenvalue weighted by molar-refractivity contribution is -0.128. The van der Waals surface area contributed by atoms with E-state index in [0.29, 0.717) is 18.8 Å². The van der Waals surface area contributed by atoms with Gasteiger partial charge in [0, 0.05) is 37.0 Å². The normalized spacial score (nSPS) is 15.0. The summed E-state index contributed by atoms with van der Waals surface area (Å²) in [5.41, 5.74) is 2.32. The molecule has 5 rings (SSSR count). The summed E-state index contributed by atoms with van der Waals surface area (Å²) in [6, 6.07) is 16.4. The Bertz CT molecular complexity index is 1430. The highest BCUT2D eigenvalue weighted by molar-refractivity contribution is 8.00. The highest BCUT2D eigenvalue weighted by Gasteiger charge is 2.26. The van der Waals surface area contributed by atoms with Crippen molar-refractivity contribution in [3.8, 4) is 5.69 Å². The number of carbonyl (C=O) groups excluding carboxylic acids is 1. The summed E-state index contributed by atoms with van der Waals surface area (Å²) in [5, 5.41) is 5.72. The average Bonchev–Trinajstić information content (AvgIpc) is 3.11. The lowest BCUT2D eigenvalue weighted by atomic mass is 10.1. The first-order valence-electron chi connectivity index (χ1n) is 13.7. The fraction of sp³-hybridized carbons (Fsp3) is 0.400. The molecule has 2 aromatic heterocycles. The summed E-state index contributed by atoms with van der Waals surface area (Å²) >= 11 is 1.58. The molecule has 1 aliphatic heterocycles. The molecule has 3 heterocycles. The first kappa shape index (κ1) is 27.1. The molecule has 1 aliphatic rings. The zero-order valence-electron chi connectivity index (χ0n) is 22.8. The molecule has 7 nitrogen and oxygen atoms in total. The van der Waals surface area contributed by atoms with Gasteiger partial charge in [-0.2, -0.15) is 5.10 Å². The van der Waals surface area contributed by atoms with Crippen molar-refractivity contribution in [2.24, 2.45) is 0 Å². The molecular weight excluding hydrogens is 511 g/mol. The molecule has 2 aromatic carbocycles. The lowest BCUT2D eigenvalue weighted by Crippen LogP contribution is -2.36. The number of fused-ring (bicyclic) bond motifs is 1. The van der Waals surface area contributed by atoms with Gasteiger partial charge in [-0.05, 0) is 56.2 Å². The molecule has 9 heteroatoms. The number of rotatable bonds is 8. The summed E-state index contributed by atoms with van der Waals surface area (Å²) in [6.07, 6.45) is 2.88. The molecule has 1 atom stereocenters. The van der Waals surface area contributed by atoms with Gasteiger partial charge >= 0.3 is 0 Å². The second kappa shape index (κ2) is 12.2. The minimum Gasteiger partial charge on any atom is -0.354 e. The molecule has 0 N–H and O–H groups in total. The van der Waals surface area contributed by atoms with Crippen LogP contribution in [-0.2, 0) is 4.79 Å². The monoisotopic (exact) mass is 546 g/mol. The molecule has 0 unspecified atom stereocenters. The Labute approximate surface area is 233 Å². The van der Waals surface area contributed by atoms with Gasteiger partial charge in [0.25, 0.3) is 0 Å². The second-order valence-electron chi connectivity index (χ2n) is 10.1. The summed E-state index contributed by atoms with van der Waals surface area (Å²) in [7, 11) is 0. The zero-order chi connectivity index (χ0) is 27.4. The van der Waals surface area contributed by atoms with E-state index in [0.717, 1.165) is 71.3 Å². The number of benzene rings is 2. The summed E-state index contributed by atoms with van der Waals surface area (Å²) in [6.45, 7) is 9.16. The maximum Gasteiger partial charge on any atom is 0.232 e. The number of nitrogens with zero attached hydrogens (tertiary/aromatic N) is 6. The maximum absolute atomic E-state index is 13.7. The molecular formula is C30H35FN6OS. The maximum atomic E-state index is 13.7. The van der Waals surface area contributed by atoms with Crippen LogP contribution < -0.4 is 4.90 Å². The van der Waals surface area contributed by atoms with Crippen LogP contribution in [0.2, 0.25) is 0 Å². The minimum absolute atomic E-state index is 0.163. The van der Waals surface area contributed by atoms with Crippen LogP contribution in [-0.4, -0.2) is 62.5 Å². The highest BCUT2D eigenvalue weighted by atomic mass is 32.2. The van der Waals surface area contributed by atoms with E-state index in [1.807, 2.05) is 42.2 Å². The standard InChI is InChI=1S/C30H35FN6OS/c1-4-9-21(2)28-32-29(27-22(3)34-37(30(27)33-28)24-14-12-23(31)13-15-24)36-17-8-16-35(18-19-36)26(38)20-39-25-10-6-5-7-11-25/h5-7,10-15,21H,4,8-9,16-20H2,1-3H3/t21-/m0/s1. The molecule has 1 fully saturated rings. The number of aromatic nitrogens is 4. The molecule has 0 aliphatic carbocycles. The first-order valence-corrected chi connectivity index (χ1v) is 14.7. The number of hydrogen-bond donors (Lipinski definition) is 0. The Balaban J connectivity index is 1.44. The van der Waals surface area contributed by atoms with Gasteiger partial charge in [-0.3, -0.25) is 4.79 Å². The van der Waals surface area contributed by atoms with Gasteiger partial charge in [0.05, 0.1) is 22.5 Å². The second-order valence-corrected chi connectivity index (χ2v) is 11.1. The van der Waals surface area contributed by atoms with Gasteiger partial charge in [-0.15, -0.1) is 11.8 Å². The van der Waals surface area contributed by atoms with Gasteiger partial charge < -0.3 is 9.80 Å². The molecule has 0 spiro atoms. The third kappa shape index (κ3) is 6.08. The van der Waals surface area contributed by atoms with E-state index < -0.39 is 0 Å². The quantitative estimate of drug-likeness (QED) is 0.253. The number of aryl methyl sites for hydroxylation is 1. The molecule has 1 amide bonds. The summed E-state index contributed by atoms with van der Waals surface area (Å²) in [5.74, 6) is 2.16. The molecule has 0 saturated carbocycles. The van der Waals surface area contributed by atoms with Crippen molar-refractivity contribution in [1.82, 2.24) is 24.6 Å². The van der Waals surface area contributed by atoms with Gasteiger partial charge in [0.2, 0.25) is 5.91 Å². The molecule has 1 saturated heterocycles. The third-order valence-electron chi connectivity index (χ3n) is 7.19. The van der Waals surface area contributed by atoms with E-state index in [2.05, 4.69) is 18.7 Å². The van der Waals surface area contributed by atoms with Gasteiger partial charge in [0.1, 0.15) is 17.5 Å². The van der Waals surface area contributed by atoms with Crippen LogP contribution in [0.3, 0.4) is 0 Å². The fourth-order valence-corrected chi connectivity index (χ4v) is 5.91. The third-order valence-corrected chi connectivity index (χ3v) is 8.18. The number of amides is 1. The molecule has 0 bridgehead atoms. The van der Waals surface area contributed by atoms with E-state index in [1.54, 1.807) is 28.6 Å². The van der Waals surface area contributed by atoms with Crippen molar-refractivity contribution in [2.45, 2.75) is 50.8 Å². The predicted molar refractivity (Wildman–Crippen MR) is 155 cm³/mol. The Morgan fingerprint density at radius 2 is 1.79 bits per heavy atom. The van der Waals surface area contributed by atoms with Crippen LogP contribution in [0.5, 0.6) is 0 Å². The number of halogens is 1. The largest absolute Gasteiger partial charge is 0.354 e. The molecule has 39 heavy (non-hydrogen) atoms. The number of carbonyl (C=O) groups is 1.